The van der Waals surface area contributed by atoms with Crippen molar-refractivity contribution in [3.05, 3.63) is 10.4 Å². The normalized spacial score (nSPS) is 18.4. The van der Waals surface area contributed by atoms with Crippen molar-refractivity contribution in [2.75, 3.05) is 17.7 Å². The summed E-state index contributed by atoms with van der Waals surface area (Å²) >= 11 is 1.53. The second kappa shape index (κ2) is 6.73. The molecule has 2 aliphatic rings. The number of thioether (sulfide) groups is 1. The number of fused-ring (bicyclic) bond motifs is 1. The predicted octanol–water partition coefficient (Wildman–Crippen LogP) is 1.17. The van der Waals surface area contributed by atoms with Crippen LogP contribution in [0, 0.1) is 0 Å². The Bertz CT molecular complexity index is 543. The van der Waals surface area contributed by atoms with Crippen LogP contribution < -0.4 is 10.5 Å². The van der Waals surface area contributed by atoms with Crippen LogP contribution >= 0.6 is 11.8 Å². The second-order valence-electron chi connectivity index (χ2n) is 5.27. The molecular weight excluding hydrogens is 285 g/mol. The Morgan fingerprint density at radius 2 is 2.05 bits per heavy atom. The predicted molar refractivity (Wildman–Crippen MR) is 83.3 cm³/mol. The van der Waals surface area contributed by atoms with Gasteiger partial charge in [0, 0.05) is 25.4 Å². The molecule has 1 fully saturated rings. The summed E-state index contributed by atoms with van der Waals surface area (Å²) in [6.45, 7) is 0.692. The summed E-state index contributed by atoms with van der Waals surface area (Å²) in [7, 11) is 1.91. The fraction of sp³-hybridized carbons (Fsp3) is 0.692. The molecule has 0 bridgehead atoms. The monoisotopic (exact) mass is 305 g/mol. The third-order valence-electron chi connectivity index (χ3n) is 4.11. The van der Waals surface area contributed by atoms with Crippen LogP contribution in [0.2, 0.25) is 0 Å². The molecule has 106 valence electrons. The zero-order valence-corrected chi connectivity index (χ0v) is 11.9. The number of aromatic nitrogens is 2. The number of hydrogen-bond donors (Lipinski definition) is 1. The summed E-state index contributed by atoms with van der Waals surface area (Å²) in [4.78, 5) is 18.6. The van der Waals surface area contributed by atoms with E-state index in [1.54, 1.807) is 4.57 Å². The van der Waals surface area contributed by atoms with Gasteiger partial charge in [0.05, 0.1) is 0 Å². The third-order valence-corrected chi connectivity index (χ3v) is 5.07. The number of rotatable bonds is 2. The minimum atomic E-state index is -0.112. The molecule has 1 saturated carbocycles. The first-order valence-corrected chi connectivity index (χ1v) is 7.86. The second-order valence-corrected chi connectivity index (χ2v) is 6.34. The van der Waals surface area contributed by atoms with Crippen LogP contribution in [0.3, 0.4) is 0 Å². The Kier molecular flexibility index (Phi) is 5.45. The van der Waals surface area contributed by atoms with Crippen LogP contribution in [0.5, 0.6) is 5.88 Å². The minimum absolute atomic E-state index is 0. The van der Waals surface area contributed by atoms with Crippen LogP contribution in [-0.2, 0) is 6.54 Å². The molecule has 20 heavy (non-hydrogen) atoms. The number of aromatic hydroxyl groups is 1. The Hall–Kier alpha value is -0.170. The molecule has 0 atom stereocenters. The van der Waals surface area contributed by atoms with Crippen LogP contribution in [0.25, 0.3) is 0 Å². The standard InChI is InChI=1S/C13H19N3O2S.Na.H/c1-15(9-5-3-2-4-6-9)10-11(17)14-13-16(12(10)18)7-8-19-13;;/h9,17H,2-8H2,1H3;;. The molecule has 0 radical (unpaired) electrons. The number of nitrogens with zero attached hydrogens (tertiary/aromatic N) is 3. The first-order valence-electron chi connectivity index (χ1n) is 6.88. The van der Waals surface area contributed by atoms with Crippen molar-refractivity contribution in [2.24, 2.45) is 0 Å². The SMILES string of the molecule is CN(c1c(O)nc2n(c1=O)CCS2)C1CCCCC1.[NaH]. The first-order chi connectivity index (χ1) is 9.18. The molecule has 3 rings (SSSR count). The van der Waals surface area contributed by atoms with Crippen molar-refractivity contribution >= 4 is 47.0 Å². The van der Waals surface area contributed by atoms with Crippen LogP contribution in [-0.4, -0.2) is 63.1 Å². The zero-order chi connectivity index (χ0) is 13.4. The molecule has 5 nitrogen and oxygen atoms in total. The van der Waals surface area contributed by atoms with Crippen molar-refractivity contribution in [3.8, 4) is 5.88 Å². The summed E-state index contributed by atoms with van der Waals surface area (Å²) in [6.07, 6.45) is 5.85. The van der Waals surface area contributed by atoms with E-state index in [9.17, 15) is 9.90 Å². The van der Waals surface area contributed by atoms with E-state index in [-0.39, 0.29) is 41.0 Å². The van der Waals surface area contributed by atoms with Gasteiger partial charge in [0.2, 0.25) is 5.88 Å². The van der Waals surface area contributed by atoms with Crippen molar-refractivity contribution in [1.82, 2.24) is 9.55 Å². The molecule has 0 amide bonds. The van der Waals surface area contributed by atoms with E-state index in [0.29, 0.717) is 23.4 Å². The van der Waals surface area contributed by atoms with Crippen molar-refractivity contribution in [3.63, 3.8) is 0 Å². The summed E-state index contributed by atoms with van der Waals surface area (Å²) in [5.74, 6) is 0.747. The molecule has 1 aromatic rings. The first kappa shape index (κ1) is 16.2. The van der Waals surface area contributed by atoms with Crippen molar-refractivity contribution < 1.29 is 5.11 Å². The van der Waals surface area contributed by atoms with Gasteiger partial charge in [-0.15, -0.1) is 0 Å². The Balaban J connectivity index is 0.00000147. The summed E-state index contributed by atoms with van der Waals surface area (Å²) in [5, 5.41) is 10.7. The van der Waals surface area contributed by atoms with Gasteiger partial charge in [-0.05, 0) is 12.8 Å². The van der Waals surface area contributed by atoms with E-state index in [2.05, 4.69) is 4.98 Å². The molecule has 0 unspecified atom stereocenters. The van der Waals surface area contributed by atoms with E-state index in [0.717, 1.165) is 18.6 Å². The van der Waals surface area contributed by atoms with Crippen LogP contribution in [0.1, 0.15) is 32.1 Å². The van der Waals surface area contributed by atoms with Crippen molar-refractivity contribution in [1.29, 1.82) is 0 Å². The van der Waals surface area contributed by atoms with Crippen LogP contribution in [0.15, 0.2) is 9.95 Å². The molecule has 0 saturated heterocycles. The fourth-order valence-corrected chi connectivity index (χ4v) is 3.95. The molecule has 2 heterocycles. The molecular formula is C13H20N3NaO2S. The topological polar surface area (TPSA) is 58.4 Å². The maximum atomic E-state index is 12.5. The Labute approximate surface area is 145 Å². The van der Waals surface area contributed by atoms with E-state index >= 15 is 0 Å². The molecule has 1 aliphatic heterocycles. The van der Waals surface area contributed by atoms with Gasteiger partial charge in [-0.3, -0.25) is 9.36 Å². The zero-order valence-electron chi connectivity index (χ0n) is 11.1. The molecule has 1 aliphatic carbocycles. The summed E-state index contributed by atoms with van der Waals surface area (Å²) < 4.78 is 1.68. The van der Waals surface area contributed by atoms with Gasteiger partial charge in [-0.25, -0.2) is 0 Å². The number of anilines is 1. The Morgan fingerprint density at radius 1 is 1.35 bits per heavy atom. The fourth-order valence-electron chi connectivity index (χ4n) is 3.01. The van der Waals surface area contributed by atoms with Gasteiger partial charge >= 0.3 is 29.6 Å². The van der Waals surface area contributed by atoms with Gasteiger partial charge in [-0.2, -0.15) is 4.98 Å². The molecule has 1 N–H and O–H groups in total. The summed E-state index contributed by atoms with van der Waals surface area (Å²) in [6, 6.07) is 0.349. The molecule has 0 aromatic carbocycles. The van der Waals surface area contributed by atoms with E-state index in [4.69, 9.17) is 0 Å². The van der Waals surface area contributed by atoms with Gasteiger partial charge in [-0.1, -0.05) is 31.0 Å². The quantitative estimate of drug-likeness (QED) is 0.657. The molecule has 1 aromatic heterocycles. The Morgan fingerprint density at radius 3 is 2.75 bits per heavy atom. The average Bonchev–Trinajstić information content (AvgIpc) is 2.88. The third kappa shape index (κ3) is 2.89. The van der Waals surface area contributed by atoms with E-state index in [1.807, 2.05) is 11.9 Å². The van der Waals surface area contributed by atoms with Gasteiger partial charge < -0.3 is 10.0 Å². The molecule has 0 spiro atoms. The van der Waals surface area contributed by atoms with Crippen LogP contribution in [0.4, 0.5) is 5.69 Å². The van der Waals surface area contributed by atoms with E-state index < -0.39 is 0 Å². The maximum absolute atomic E-state index is 12.5. The summed E-state index contributed by atoms with van der Waals surface area (Å²) in [5.41, 5.74) is 0.277. The van der Waals surface area contributed by atoms with Gasteiger partial charge in [0.15, 0.2) is 10.8 Å². The molecule has 7 heteroatoms. The van der Waals surface area contributed by atoms with E-state index in [1.165, 1.54) is 31.0 Å². The van der Waals surface area contributed by atoms with Crippen molar-refractivity contribution in [2.45, 2.75) is 49.8 Å². The van der Waals surface area contributed by atoms with Gasteiger partial charge in [0.1, 0.15) is 0 Å². The number of hydrogen-bond acceptors (Lipinski definition) is 5. The van der Waals surface area contributed by atoms with Gasteiger partial charge in [0.25, 0.3) is 5.56 Å². The average molecular weight is 305 g/mol.